The third kappa shape index (κ3) is 3.49. The zero-order valence-corrected chi connectivity index (χ0v) is 14.5. The molecule has 0 spiro atoms. The van der Waals surface area contributed by atoms with E-state index in [1.165, 1.54) is 0 Å². The number of rotatable bonds is 5. The van der Waals surface area contributed by atoms with Crippen LogP contribution < -0.4 is 0 Å². The molecule has 1 aliphatic heterocycles. The molecule has 24 heavy (non-hydrogen) atoms. The van der Waals surface area contributed by atoms with E-state index < -0.39 is 0 Å². The molecular weight excluding hydrogens is 308 g/mol. The molecule has 3 rings (SSSR count). The third-order valence-corrected chi connectivity index (χ3v) is 4.70. The minimum atomic E-state index is 0.166. The largest absolute Gasteiger partial charge is 0.361 e. The Labute approximate surface area is 141 Å². The lowest BCUT2D eigenvalue weighted by atomic mass is 9.96. The number of likely N-dealkylation sites (tertiary alicyclic amines) is 1. The average Bonchev–Trinajstić information content (AvgIpc) is 3.20. The van der Waals surface area contributed by atoms with E-state index in [9.17, 15) is 4.79 Å². The van der Waals surface area contributed by atoms with Crippen LogP contribution in [-0.4, -0.2) is 39.2 Å². The van der Waals surface area contributed by atoms with Crippen LogP contribution in [0.25, 0.3) is 0 Å². The van der Waals surface area contributed by atoms with Crippen molar-refractivity contribution in [1.82, 2.24) is 20.2 Å². The topological polar surface area (TPSA) is 85.3 Å². The molecule has 3 heterocycles. The molecule has 1 saturated heterocycles. The number of amides is 1. The number of carbonyl (C=O) groups is 1. The maximum Gasteiger partial charge on any atom is 0.226 e. The lowest BCUT2D eigenvalue weighted by molar-refractivity contribution is -0.132. The maximum absolute atomic E-state index is 12.6. The second kappa shape index (κ2) is 7.15. The Morgan fingerprint density at radius 1 is 1.29 bits per heavy atom. The maximum atomic E-state index is 12.6. The van der Waals surface area contributed by atoms with Crippen LogP contribution >= 0.6 is 0 Å². The summed E-state index contributed by atoms with van der Waals surface area (Å²) in [5.41, 5.74) is 1.92. The second-order valence-corrected chi connectivity index (χ2v) is 6.38. The standard InChI is InChI=1S/C17H24N4O3/c1-4-15-18-17(20-24-15)13-6-5-9-21(10-13)16(22)8-7-14-11(2)19-23-12(14)3/h13H,4-10H2,1-3H3/t13-/m0/s1. The fourth-order valence-electron chi connectivity index (χ4n) is 3.24. The lowest BCUT2D eigenvalue weighted by Crippen LogP contribution is -2.39. The van der Waals surface area contributed by atoms with Gasteiger partial charge in [-0.3, -0.25) is 4.79 Å². The molecule has 1 atom stereocenters. The Bertz CT molecular complexity index is 687. The predicted molar refractivity (Wildman–Crippen MR) is 86.5 cm³/mol. The van der Waals surface area contributed by atoms with E-state index in [4.69, 9.17) is 9.05 Å². The molecule has 0 saturated carbocycles. The smallest absolute Gasteiger partial charge is 0.226 e. The van der Waals surface area contributed by atoms with Gasteiger partial charge < -0.3 is 13.9 Å². The van der Waals surface area contributed by atoms with Crippen molar-refractivity contribution < 1.29 is 13.8 Å². The first-order valence-corrected chi connectivity index (χ1v) is 8.60. The van der Waals surface area contributed by atoms with Crippen molar-refractivity contribution in [3.05, 3.63) is 28.7 Å². The van der Waals surface area contributed by atoms with Gasteiger partial charge in [0.2, 0.25) is 11.8 Å². The molecule has 0 N–H and O–H groups in total. The summed E-state index contributed by atoms with van der Waals surface area (Å²) < 4.78 is 10.4. The van der Waals surface area contributed by atoms with E-state index in [0.717, 1.165) is 48.6 Å². The van der Waals surface area contributed by atoms with Crippen molar-refractivity contribution in [2.45, 2.75) is 58.8 Å². The van der Waals surface area contributed by atoms with Crippen molar-refractivity contribution in [2.75, 3.05) is 13.1 Å². The van der Waals surface area contributed by atoms with Crippen LogP contribution in [0.4, 0.5) is 0 Å². The van der Waals surface area contributed by atoms with Crippen LogP contribution in [0.2, 0.25) is 0 Å². The Hall–Kier alpha value is -2.18. The Balaban J connectivity index is 1.58. The predicted octanol–water partition coefficient (Wildman–Crippen LogP) is 2.58. The molecule has 1 aliphatic rings. The summed E-state index contributed by atoms with van der Waals surface area (Å²) in [6.07, 6.45) is 3.85. The van der Waals surface area contributed by atoms with Gasteiger partial charge in [-0.1, -0.05) is 17.2 Å². The average molecular weight is 332 g/mol. The number of hydrogen-bond acceptors (Lipinski definition) is 6. The zero-order chi connectivity index (χ0) is 17.1. The molecule has 130 valence electrons. The van der Waals surface area contributed by atoms with Crippen LogP contribution in [0.5, 0.6) is 0 Å². The fourth-order valence-corrected chi connectivity index (χ4v) is 3.24. The molecule has 0 aliphatic carbocycles. The van der Waals surface area contributed by atoms with Crippen molar-refractivity contribution in [1.29, 1.82) is 0 Å². The molecule has 0 aromatic carbocycles. The van der Waals surface area contributed by atoms with E-state index in [2.05, 4.69) is 15.3 Å². The summed E-state index contributed by atoms with van der Waals surface area (Å²) in [5, 5.41) is 8.01. The molecule has 0 unspecified atom stereocenters. The second-order valence-electron chi connectivity index (χ2n) is 6.38. The van der Waals surface area contributed by atoms with E-state index >= 15 is 0 Å². The molecule has 2 aromatic heterocycles. The normalized spacial score (nSPS) is 18.1. The van der Waals surface area contributed by atoms with Crippen LogP contribution in [0, 0.1) is 13.8 Å². The molecule has 7 nitrogen and oxygen atoms in total. The highest BCUT2D eigenvalue weighted by Crippen LogP contribution is 2.26. The minimum Gasteiger partial charge on any atom is -0.361 e. The monoisotopic (exact) mass is 332 g/mol. The molecule has 7 heteroatoms. The molecule has 0 radical (unpaired) electrons. The summed E-state index contributed by atoms with van der Waals surface area (Å²) in [6.45, 7) is 7.26. The number of nitrogens with zero attached hydrogens (tertiary/aromatic N) is 4. The Morgan fingerprint density at radius 3 is 2.79 bits per heavy atom. The van der Waals surface area contributed by atoms with Gasteiger partial charge in [0.15, 0.2) is 5.82 Å². The summed E-state index contributed by atoms with van der Waals surface area (Å²) in [5.74, 6) is 2.53. The Kier molecular flexibility index (Phi) is 4.97. The third-order valence-electron chi connectivity index (χ3n) is 4.70. The number of piperidine rings is 1. The highest BCUT2D eigenvalue weighted by molar-refractivity contribution is 5.76. The fraction of sp³-hybridized carbons (Fsp3) is 0.647. The first kappa shape index (κ1) is 16.7. The van der Waals surface area contributed by atoms with Gasteiger partial charge in [-0.05, 0) is 33.1 Å². The van der Waals surface area contributed by atoms with Gasteiger partial charge in [0.1, 0.15) is 5.76 Å². The van der Waals surface area contributed by atoms with E-state index in [0.29, 0.717) is 25.3 Å². The highest BCUT2D eigenvalue weighted by Gasteiger charge is 2.28. The minimum absolute atomic E-state index is 0.166. The molecule has 0 bridgehead atoms. The van der Waals surface area contributed by atoms with Crippen molar-refractivity contribution >= 4 is 5.91 Å². The number of hydrogen-bond donors (Lipinski definition) is 0. The molecule has 2 aromatic rings. The first-order chi connectivity index (χ1) is 11.6. The lowest BCUT2D eigenvalue weighted by Gasteiger charge is -2.31. The van der Waals surface area contributed by atoms with Gasteiger partial charge in [-0.15, -0.1) is 0 Å². The highest BCUT2D eigenvalue weighted by atomic mass is 16.5. The summed E-state index contributed by atoms with van der Waals surface area (Å²) in [6, 6.07) is 0. The molecule has 1 fully saturated rings. The van der Waals surface area contributed by atoms with Crippen LogP contribution in [0.15, 0.2) is 9.05 Å². The van der Waals surface area contributed by atoms with Crippen LogP contribution in [0.3, 0.4) is 0 Å². The SMILES string of the molecule is CCc1nc([C@H]2CCCN(C(=O)CCc3c(C)noc3C)C2)no1. The Morgan fingerprint density at radius 2 is 2.12 bits per heavy atom. The number of aryl methyl sites for hydroxylation is 3. The summed E-state index contributed by atoms with van der Waals surface area (Å²) in [7, 11) is 0. The quantitative estimate of drug-likeness (QED) is 0.836. The van der Waals surface area contributed by atoms with Crippen molar-refractivity contribution in [2.24, 2.45) is 0 Å². The van der Waals surface area contributed by atoms with Gasteiger partial charge in [0.25, 0.3) is 0 Å². The van der Waals surface area contributed by atoms with Gasteiger partial charge in [-0.2, -0.15) is 4.98 Å². The van der Waals surface area contributed by atoms with Crippen molar-refractivity contribution in [3.8, 4) is 0 Å². The number of aromatic nitrogens is 3. The van der Waals surface area contributed by atoms with E-state index in [-0.39, 0.29) is 11.8 Å². The van der Waals surface area contributed by atoms with Gasteiger partial charge in [0.05, 0.1) is 5.69 Å². The molecular formula is C17H24N4O3. The van der Waals surface area contributed by atoms with Gasteiger partial charge >= 0.3 is 0 Å². The zero-order valence-electron chi connectivity index (χ0n) is 14.5. The van der Waals surface area contributed by atoms with E-state index in [1.807, 2.05) is 25.7 Å². The van der Waals surface area contributed by atoms with E-state index in [1.54, 1.807) is 0 Å². The summed E-state index contributed by atoms with van der Waals surface area (Å²) in [4.78, 5) is 18.9. The molecule has 1 amide bonds. The summed E-state index contributed by atoms with van der Waals surface area (Å²) >= 11 is 0. The van der Waals surface area contributed by atoms with Crippen LogP contribution in [0.1, 0.15) is 60.8 Å². The number of carbonyl (C=O) groups excluding carboxylic acids is 1. The van der Waals surface area contributed by atoms with Crippen LogP contribution in [-0.2, 0) is 17.6 Å². The van der Waals surface area contributed by atoms with Gasteiger partial charge in [0, 0.05) is 37.4 Å². The van der Waals surface area contributed by atoms with Crippen molar-refractivity contribution in [3.63, 3.8) is 0 Å². The first-order valence-electron chi connectivity index (χ1n) is 8.60. The van der Waals surface area contributed by atoms with Gasteiger partial charge in [-0.25, -0.2) is 0 Å².